The van der Waals surface area contributed by atoms with Crippen molar-refractivity contribution in [2.24, 2.45) is 16.2 Å². The Morgan fingerprint density at radius 1 is 1.14 bits per heavy atom. The Morgan fingerprint density at radius 3 is 2.21 bits per heavy atom. The Morgan fingerprint density at radius 2 is 1.79 bits per heavy atom. The van der Waals surface area contributed by atoms with Gasteiger partial charge in [-0.1, -0.05) is 27.7 Å². The quantitative estimate of drug-likeness (QED) is 0.505. The summed E-state index contributed by atoms with van der Waals surface area (Å²) >= 11 is 0. The van der Waals surface area contributed by atoms with E-state index in [0.717, 1.165) is 0 Å². The monoisotopic (exact) mass is 187 g/mol. The van der Waals surface area contributed by atoms with E-state index in [4.69, 9.17) is 0 Å². The number of hydrogen-bond acceptors (Lipinski definition) is 0. The molecule has 14 heavy (non-hydrogen) atoms. The van der Waals surface area contributed by atoms with Gasteiger partial charge in [0, 0.05) is 11.3 Å². The van der Waals surface area contributed by atoms with E-state index in [1.165, 1.54) is 18.4 Å². The summed E-state index contributed by atoms with van der Waals surface area (Å²) in [6.07, 6.45) is 2.67. The highest BCUT2D eigenvalue weighted by Gasteiger charge is 2.77. The Bertz CT molecular complexity index is 388. The lowest BCUT2D eigenvalue weighted by atomic mass is 9.28. The summed E-state index contributed by atoms with van der Waals surface area (Å²) in [5.74, 6) is 1.70. The minimum absolute atomic E-state index is 0.381. The van der Waals surface area contributed by atoms with Crippen molar-refractivity contribution in [3.8, 4) is 0 Å². The first-order chi connectivity index (χ1) is 6.36. The molecule has 1 unspecified atom stereocenters. The Hall–Kier alpha value is -0.480. The molecular weight excluding hydrogens is 168 g/mol. The van der Waals surface area contributed by atoms with E-state index in [9.17, 15) is 0 Å². The van der Waals surface area contributed by atoms with Crippen molar-refractivity contribution in [3.05, 3.63) is 22.8 Å². The van der Waals surface area contributed by atoms with Crippen LogP contribution in [0.4, 0.5) is 0 Å². The van der Waals surface area contributed by atoms with Gasteiger partial charge in [0.1, 0.15) is 0 Å². The third-order valence-corrected chi connectivity index (χ3v) is 5.66. The molecule has 0 heterocycles. The van der Waals surface area contributed by atoms with Crippen LogP contribution < -0.4 is 0 Å². The topological polar surface area (TPSA) is 0 Å². The van der Waals surface area contributed by atoms with Gasteiger partial charge in [0.05, 0.1) is 0 Å². The van der Waals surface area contributed by atoms with E-state index in [1.807, 2.05) is 0 Å². The summed E-state index contributed by atoms with van der Waals surface area (Å²) in [7, 11) is 0. The minimum Gasteiger partial charge on any atom is -0.122 e. The fraction of sp³-hybridized carbons (Fsp3) is 0.714. The van der Waals surface area contributed by atoms with Crippen molar-refractivity contribution < 1.29 is 0 Å². The van der Waals surface area contributed by atoms with Crippen LogP contribution in [-0.2, 0) is 0 Å². The molecule has 1 radical (unpaired) electrons. The maximum Gasteiger partial charge on any atom is 0.0260 e. The summed E-state index contributed by atoms with van der Waals surface area (Å²) in [6.45, 7) is 11.9. The molecule has 0 aliphatic heterocycles. The van der Waals surface area contributed by atoms with E-state index < -0.39 is 0 Å². The summed E-state index contributed by atoms with van der Waals surface area (Å²) in [5, 5.41) is 0. The van der Waals surface area contributed by atoms with Gasteiger partial charge in [0.2, 0.25) is 0 Å². The van der Waals surface area contributed by atoms with E-state index in [0.29, 0.717) is 16.2 Å². The van der Waals surface area contributed by atoms with Gasteiger partial charge < -0.3 is 0 Å². The highest BCUT2D eigenvalue weighted by atomic mass is 14.8. The molecule has 2 fully saturated rings. The van der Waals surface area contributed by atoms with Crippen LogP contribution in [0, 0.1) is 22.2 Å². The van der Waals surface area contributed by atoms with Crippen LogP contribution in [0.25, 0.3) is 0 Å². The highest BCUT2D eigenvalue weighted by molar-refractivity contribution is 5.60. The molecule has 0 saturated heterocycles. The van der Waals surface area contributed by atoms with Crippen LogP contribution in [0.3, 0.4) is 0 Å². The lowest BCUT2D eigenvalue weighted by Crippen LogP contribution is -2.69. The van der Waals surface area contributed by atoms with E-state index in [1.54, 1.807) is 11.5 Å². The van der Waals surface area contributed by atoms with Crippen LogP contribution in [0.5, 0.6) is 0 Å². The average Bonchev–Trinajstić information content (AvgIpc) is 2.23. The zero-order chi connectivity index (χ0) is 10.4. The standard InChI is InChI=1S/C14H19/c1-9-8-10-6-7-14(10)11(9)12(2,3)13(14,4)5/h6-7H2,1-5H3. The molecule has 0 aromatic heterocycles. The molecule has 0 bridgehead atoms. The fourth-order valence-electron chi connectivity index (χ4n) is 4.34. The second kappa shape index (κ2) is 1.91. The van der Waals surface area contributed by atoms with Crippen molar-refractivity contribution in [1.82, 2.24) is 0 Å². The van der Waals surface area contributed by atoms with Gasteiger partial charge >= 0.3 is 0 Å². The number of rotatable bonds is 0. The first kappa shape index (κ1) is 8.80. The molecule has 0 aromatic carbocycles. The Kier molecular flexibility index (Phi) is 1.20. The summed E-state index contributed by atoms with van der Waals surface area (Å²) in [4.78, 5) is 0. The van der Waals surface area contributed by atoms with Crippen LogP contribution in [0.2, 0.25) is 0 Å². The van der Waals surface area contributed by atoms with Crippen LogP contribution >= 0.6 is 0 Å². The Labute approximate surface area is 87.1 Å². The van der Waals surface area contributed by atoms with E-state index in [-0.39, 0.29) is 0 Å². The third kappa shape index (κ3) is 0.520. The summed E-state index contributed by atoms with van der Waals surface area (Å²) in [6, 6.07) is 0. The molecule has 1 atom stereocenters. The maximum absolute atomic E-state index is 3.61. The van der Waals surface area contributed by atoms with E-state index >= 15 is 0 Å². The van der Waals surface area contributed by atoms with Crippen LogP contribution in [-0.4, -0.2) is 0 Å². The summed E-state index contributed by atoms with van der Waals surface area (Å²) in [5.41, 5.74) is 7.94. The molecule has 3 aliphatic rings. The predicted molar refractivity (Wildman–Crippen MR) is 58.7 cm³/mol. The normalized spacial score (nSPS) is 41.5. The molecule has 0 amide bonds. The van der Waals surface area contributed by atoms with Crippen LogP contribution in [0.15, 0.2) is 16.9 Å². The van der Waals surface area contributed by atoms with Gasteiger partial charge in [-0.15, -0.1) is 5.73 Å². The first-order valence-corrected chi connectivity index (χ1v) is 5.71. The average molecular weight is 187 g/mol. The second-order valence-corrected chi connectivity index (χ2v) is 6.26. The zero-order valence-electron chi connectivity index (χ0n) is 9.91. The van der Waals surface area contributed by atoms with Crippen molar-refractivity contribution in [2.45, 2.75) is 47.5 Å². The smallest absolute Gasteiger partial charge is 0.0260 e. The van der Waals surface area contributed by atoms with Gasteiger partial charge in [-0.3, -0.25) is 0 Å². The Balaban J connectivity index is 2.17. The summed E-state index contributed by atoms with van der Waals surface area (Å²) < 4.78 is 0. The van der Waals surface area contributed by atoms with Crippen molar-refractivity contribution >= 4 is 0 Å². The van der Waals surface area contributed by atoms with Gasteiger partial charge in [-0.25, -0.2) is 0 Å². The van der Waals surface area contributed by atoms with Gasteiger partial charge in [-0.05, 0) is 41.7 Å². The first-order valence-electron chi connectivity index (χ1n) is 5.71. The molecule has 2 saturated carbocycles. The van der Waals surface area contributed by atoms with Gasteiger partial charge in [0.25, 0.3) is 0 Å². The largest absolute Gasteiger partial charge is 0.122 e. The predicted octanol–water partition coefficient (Wildman–Crippen LogP) is 3.89. The molecule has 3 aliphatic carbocycles. The molecule has 0 aromatic rings. The van der Waals surface area contributed by atoms with Crippen LogP contribution in [0.1, 0.15) is 47.5 Å². The van der Waals surface area contributed by atoms with E-state index in [2.05, 4.69) is 40.3 Å². The maximum atomic E-state index is 3.61. The zero-order valence-corrected chi connectivity index (χ0v) is 9.91. The number of allylic oxidation sites excluding steroid dienone is 1. The number of hydrogen-bond donors (Lipinski definition) is 0. The minimum atomic E-state index is 0.381. The molecule has 0 nitrogen and oxygen atoms in total. The second-order valence-electron chi connectivity index (χ2n) is 6.26. The van der Waals surface area contributed by atoms with Gasteiger partial charge in [-0.2, -0.15) is 0 Å². The molecule has 0 N–H and O–H groups in total. The third-order valence-electron chi connectivity index (χ3n) is 5.66. The van der Waals surface area contributed by atoms with Crippen molar-refractivity contribution in [1.29, 1.82) is 0 Å². The lowest BCUT2D eigenvalue weighted by Gasteiger charge is -2.75. The highest BCUT2D eigenvalue weighted by Crippen LogP contribution is 2.84. The molecule has 3 rings (SSSR count). The fourth-order valence-corrected chi connectivity index (χ4v) is 4.34. The molecule has 75 valence electrons. The van der Waals surface area contributed by atoms with Gasteiger partial charge in [0.15, 0.2) is 0 Å². The molecular formula is C14H19. The SMILES string of the molecule is CC1=C=C2CCC23[C]1C(C)(C)C3(C)C. The molecule has 0 heteroatoms. The van der Waals surface area contributed by atoms with Crippen molar-refractivity contribution in [3.63, 3.8) is 0 Å². The lowest BCUT2D eigenvalue weighted by molar-refractivity contribution is -0.136. The van der Waals surface area contributed by atoms with Crippen molar-refractivity contribution in [2.75, 3.05) is 0 Å². The molecule has 1 spiro atoms.